The van der Waals surface area contributed by atoms with Gasteiger partial charge in [-0.2, -0.15) is 0 Å². The number of carbonyl (C=O) groups excluding carboxylic acids is 1. The zero-order valence-corrected chi connectivity index (χ0v) is 19.4. The zero-order chi connectivity index (χ0) is 23.1. The molecule has 2 heterocycles. The number of sulfone groups is 1. The molecule has 0 spiro atoms. The summed E-state index contributed by atoms with van der Waals surface area (Å²) in [7, 11) is -3.22. The minimum Gasteiger partial charge on any atom is -0.478 e. The van der Waals surface area contributed by atoms with Crippen molar-refractivity contribution in [1.29, 1.82) is 0 Å². The standard InChI is InChI=1S/C24H29FN2O4S/c1-24(2,31-21-10-4-16(25)5-11-21)23(28)26-17-14-19-6-7-20(15-17)27(19)18-8-12-22(13-9-18)32(3,29)30/h4-5,8-13,17,19-20H,6-7,14-15H2,1-3H3,(H,26,28)/t17-,19+,20-. The monoisotopic (exact) mass is 460 g/mol. The van der Waals surface area contributed by atoms with Gasteiger partial charge in [-0.05, 0) is 88.1 Å². The molecule has 0 aliphatic carbocycles. The van der Waals surface area contributed by atoms with Crippen molar-refractivity contribution in [2.45, 2.75) is 68.2 Å². The van der Waals surface area contributed by atoms with E-state index in [0.717, 1.165) is 31.4 Å². The molecule has 4 rings (SSSR count). The van der Waals surface area contributed by atoms with Crippen molar-refractivity contribution in [2.24, 2.45) is 0 Å². The second-order valence-corrected chi connectivity index (χ2v) is 11.3. The summed E-state index contributed by atoms with van der Waals surface area (Å²) in [5, 5.41) is 3.15. The Kier molecular flexibility index (Phi) is 5.92. The van der Waals surface area contributed by atoms with Crippen LogP contribution in [0.5, 0.6) is 5.75 Å². The predicted molar refractivity (Wildman–Crippen MR) is 121 cm³/mol. The van der Waals surface area contributed by atoms with E-state index in [-0.39, 0.29) is 17.8 Å². The van der Waals surface area contributed by atoms with Gasteiger partial charge >= 0.3 is 0 Å². The number of halogens is 1. The Hall–Kier alpha value is -2.61. The Bertz CT molecular complexity index is 1070. The normalized spacial score (nSPS) is 23.1. The van der Waals surface area contributed by atoms with E-state index in [1.54, 1.807) is 26.0 Å². The number of hydrogen-bond acceptors (Lipinski definition) is 5. The van der Waals surface area contributed by atoms with Gasteiger partial charge in [0.2, 0.25) is 0 Å². The first-order chi connectivity index (χ1) is 15.0. The van der Waals surface area contributed by atoms with Crippen LogP contribution in [-0.4, -0.2) is 44.3 Å². The Morgan fingerprint density at radius 2 is 1.59 bits per heavy atom. The molecule has 172 valence electrons. The highest BCUT2D eigenvalue weighted by atomic mass is 32.2. The van der Waals surface area contributed by atoms with Crippen molar-refractivity contribution in [3.8, 4) is 5.75 Å². The molecule has 32 heavy (non-hydrogen) atoms. The van der Waals surface area contributed by atoms with Gasteiger partial charge in [0.1, 0.15) is 11.6 Å². The number of nitrogens with one attached hydrogen (secondary N) is 1. The van der Waals surface area contributed by atoms with Crippen LogP contribution in [-0.2, 0) is 14.6 Å². The zero-order valence-electron chi connectivity index (χ0n) is 18.5. The number of ether oxygens (including phenoxy) is 1. The number of hydrogen-bond donors (Lipinski definition) is 1. The first-order valence-corrected chi connectivity index (χ1v) is 12.8. The Balaban J connectivity index is 1.40. The Morgan fingerprint density at radius 3 is 2.12 bits per heavy atom. The van der Waals surface area contributed by atoms with E-state index in [2.05, 4.69) is 10.2 Å². The van der Waals surface area contributed by atoms with Gasteiger partial charge in [0.15, 0.2) is 15.4 Å². The Labute approximate surface area is 188 Å². The molecule has 2 fully saturated rings. The van der Waals surface area contributed by atoms with Crippen molar-refractivity contribution in [3.05, 3.63) is 54.3 Å². The van der Waals surface area contributed by atoms with Gasteiger partial charge in [-0.25, -0.2) is 12.8 Å². The summed E-state index contributed by atoms with van der Waals surface area (Å²) in [5.74, 6) is -0.107. The lowest BCUT2D eigenvalue weighted by Crippen LogP contribution is -2.55. The number of nitrogens with zero attached hydrogens (tertiary/aromatic N) is 1. The molecule has 1 N–H and O–H groups in total. The lowest BCUT2D eigenvalue weighted by molar-refractivity contribution is -0.135. The molecule has 2 aliphatic rings. The molecule has 2 aromatic carbocycles. The van der Waals surface area contributed by atoms with Gasteiger partial charge in [-0.3, -0.25) is 4.79 Å². The highest BCUT2D eigenvalue weighted by molar-refractivity contribution is 7.90. The molecule has 0 saturated carbocycles. The quantitative estimate of drug-likeness (QED) is 0.711. The van der Waals surface area contributed by atoms with Gasteiger partial charge in [-0.15, -0.1) is 0 Å². The molecular formula is C24H29FN2O4S. The number of amides is 1. The molecule has 0 radical (unpaired) electrons. The molecule has 2 aliphatic heterocycles. The summed E-state index contributed by atoms with van der Waals surface area (Å²) in [6.45, 7) is 3.41. The second-order valence-electron chi connectivity index (χ2n) is 9.27. The minimum atomic E-state index is -3.22. The van der Waals surface area contributed by atoms with Gasteiger partial charge in [0.05, 0.1) is 4.90 Å². The highest BCUT2D eigenvalue weighted by Gasteiger charge is 2.42. The lowest BCUT2D eigenvalue weighted by Gasteiger charge is -2.41. The molecule has 2 bridgehead atoms. The smallest absolute Gasteiger partial charge is 0.263 e. The average molecular weight is 461 g/mol. The summed E-state index contributed by atoms with van der Waals surface area (Å²) in [6.07, 6.45) is 4.94. The van der Waals surface area contributed by atoms with Gasteiger partial charge in [-0.1, -0.05) is 0 Å². The van der Waals surface area contributed by atoms with Crippen molar-refractivity contribution in [3.63, 3.8) is 0 Å². The van der Waals surface area contributed by atoms with E-state index in [9.17, 15) is 17.6 Å². The fraction of sp³-hybridized carbons (Fsp3) is 0.458. The number of benzene rings is 2. The van der Waals surface area contributed by atoms with E-state index in [1.165, 1.54) is 30.5 Å². The molecule has 0 unspecified atom stereocenters. The third-order valence-electron chi connectivity index (χ3n) is 6.36. The SMILES string of the molecule is CC(C)(Oc1ccc(F)cc1)C(=O)N[C@H]1C[C@H]2CC[C@@H](C1)N2c1ccc(S(C)(=O)=O)cc1. The number of fused-ring (bicyclic) bond motifs is 2. The topological polar surface area (TPSA) is 75.7 Å². The van der Waals surface area contributed by atoms with Crippen LogP contribution in [0.2, 0.25) is 0 Å². The molecule has 2 saturated heterocycles. The van der Waals surface area contributed by atoms with E-state index in [1.807, 2.05) is 12.1 Å². The van der Waals surface area contributed by atoms with E-state index < -0.39 is 15.4 Å². The summed E-state index contributed by atoms with van der Waals surface area (Å²) >= 11 is 0. The van der Waals surface area contributed by atoms with Crippen LogP contribution >= 0.6 is 0 Å². The van der Waals surface area contributed by atoms with Crippen molar-refractivity contribution < 1.29 is 22.3 Å². The van der Waals surface area contributed by atoms with Crippen LogP contribution in [0.4, 0.5) is 10.1 Å². The Morgan fingerprint density at radius 1 is 1.03 bits per heavy atom. The fourth-order valence-corrected chi connectivity index (χ4v) is 5.42. The summed E-state index contributed by atoms with van der Waals surface area (Å²) in [5.41, 5.74) is -0.0650. The molecular weight excluding hydrogens is 431 g/mol. The maximum atomic E-state index is 13.1. The lowest BCUT2D eigenvalue weighted by atomic mass is 9.95. The first-order valence-electron chi connectivity index (χ1n) is 10.9. The third kappa shape index (κ3) is 4.75. The van der Waals surface area contributed by atoms with E-state index in [0.29, 0.717) is 22.7 Å². The number of piperidine rings is 1. The van der Waals surface area contributed by atoms with Gasteiger partial charge < -0.3 is 15.0 Å². The van der Waals surface area contributed by atoms with Crippen LogP contribution < -0.4 is 15.0 Å². The van der Waals surface area contributed by atoms with Crippen molar-refractivity contribution in [2.75, 3.05) is 11.2 Å². The maximum absolute atomic E-state index is 13.1. The average Bonchev–Trinajstić information content (AvgIpc) is 2.99. The summed E-state index contributed by atoms with van der Waals surface area (Å²) in [4.78, 5) is 15.6. The van der Waals surface area contributed by atoms with Crippen LogP contribution in [0.3, 0.4) is 0 Å². The molecule has 3 atom stereocenters. The minimum absolute atomic E-state index is 0.0441. The first kappa shape index (κ1) is 22.6. The second kappa shape index (κ2) is 8.39. The van der Waals surface area contributed by atoms with Crippen LogP contribution in [0, 0.1) is 5.82 Å². The van der Waals surface area contributed by atoms with Crippen molar-refractivity contribution in [1.82, 2.24) is 5.32 Å². The largest absolute Gasteiger partial charge is 0.478 e. The number of rotatable bonds is 6. The highest BCUT2D eigenvalue weighted by Crippen LogP contribution is 2.39. The van der Waals surface area contributed by atoms with Gasteiger partial charge in [0, 0.05) is 30.1 Å². The van der Waals surface area contributed by atoms with Crippen molar-refractivity contribution >= 4 is 21.4 Å². The summed E-state index contributed by atoms with van der Waals surface area (Å²) < 4.78 is 42.4. The van der Waals surface area contributed by atoms with Gasteiger partial charge in [0.25, 0.3) is 5.91 Å². The molecule has 0 aromatic heterocycles. The number of carbonyl (C=O) groups is 1. The van der Waals surface area contributed by atoms with Crippen LogP contribution in [0.25, 0.3) is 0 Å². The molecule has 2 aromatic rings. The molecule has 8 heteroatoms. The van der Waals surface area contributed by atoms with Crippen LogP contribution in [0.1, 0.15) is 39.5 Å². The summed E-state index contributed by atoms with van der Waals surface area (Å²) in [6, 6.07) is 13.3. The molecule has 6 nitrogen and oxygen atoms in total. The van der Waals surface area contributed by atoms with E-state index in [4.69, 9.17) is 4.74 Å². The third-order valence-corrected chi connectivity index (χ3v) is 7.49. The van der Waals surface area contributed by atoms with Crippen LogP contribution in [0.15, 0.2) is 53.4 Å². The maximum Gasteiger partial charge on any atom is 0.263 e. The number of anilines is 1. The molecule has 1 amide bonds. The predicted octanol–water partition coefficient (Wildman–Crippen LogP) is 3.70. The fourth-order valence-electron chi connectivity index (χ4n) is 4.78. The van der Waals surface area contributed by atoms with E-state index >= 15 is 0 Å².